The van der Waals surface area contributed by atoms with Crippen molar-refractivity contribution in [2.45, 2.75) is 26.9 Å². The third-order valence-electron chi connectivity index (χ3n) is 2.06. The molecule has 12 heavy (non-hydrogen) atoms. The third-order valence-corrected chi connectivity index (χ3v) is 2.06. The largest absolute Gasteiger partial charge is 0.389 e. The van der Waals surface area contributed by atoms with Crippen LogP contribution in [0.3, 0.4) is 0 Å². The van der Waals surface area contributed by atoms with E-state index >= 15 is 0 Å². The van der Waals surface area contributed by atoms with E-state index < -0.39 is 6.10 Å². The Morgan fingerprint density at radius 3 is 2.58 bits per heavy atom. The summed E-state index contributed by atoms with van der Waals surface area (Å²) in [5.41, 5.74) is 1.89. The van der Waals surface area contributed by atoms with Gasteiger partial charge in [-0.1, -0.05) is 0 Å². The van der Waals surface area contributed by atoms with Gasteiger partial charge < -0.3 is 10.1 Å². The number of hydrogen-bond acceptors (Lipinski definition) is 2. The fourth-order valence-corrected chi connectivity index (χ4v) is 1.06. The maximum Gasteiger partial charge on any atom is 0.190 e. The smallest absolute Gasteiger partial charge is 0.190 e. The Morgan fingerprint density at radius 1 is 1.50 bits per heavy atom. The maximum atomic E-state index is 11.5. The first-order chi connectivity index (χ1) is 5.54. The normalized spacial score (nSPS) is 13.0. The molecule has 3 heteroatoms. The lowest BCUT2D eigenvalue weighted by Crippen LogP contribution is -2.16. The summed E-state index contributed by atoms with van der Waals surface area (Å²) in [4.78, 5) is 14.4. The molecule has 0 aliphatic carbocycles. The molecule has 0 saturated carbocycles. The van der Waals surface area contributed by atoms with Crippen LogP contribution in [-0.2, 0) is 0 Å². The molecule has 1 rings (SSSR count). The average molecular weight is 167 g/mol. The lowest BCUT2D eigenvalue weighted by atomic mass is 10.1. The molecule has 0 aliphatic heterocycles. The Hall–Kier alpha value is -1.09. The molecule has 1 aromatic heterocycles. The lowest BCUT2D eigenvalue weighted by Gasteiger charge is -2.05. The van der Waals surface area contributed by atoms with Gasteiger partial charge in [-0.3, -0.25) is 4.79 Å². The van der Waals surface area contributed by atoms with E-state index in [0.29, 0.717) is 11.1 Å². The zero-order valence-electron chi connectivity index (χ0n) is 7.51. The number of H-pyrrole nitrogens is 1. The average Bonchev–Trinajstić information content (AvgIpc) is 2.00. The number of pyridine rings is 1. The van der Waals surface area contributed by atoms with E-state index in [1.807, 2.05) is 6.92 Å². The minimum atomic E-state index is -0.701. The number of aliphatic hydroxyl groups excluding tert-OH is 1. The van der Waals surface area contributed by atoms with Crippen molar-refractivity contribution in [2.75, 3.05) is 0 Å². The van der Waals surface area contributed by atoms with E-state index in [1.165, 1.54) is 0 Å². The monoisotopic (exact) mass is 167 g/mol. The van der Waals surface area contributed by atoms with Crippen LogP contribution in [0.2, 0.25) is 0 Å². The minimum Gasteiger partial charge on any atom is -0.389 e. The number of hydrogen-bond donors (Lipinski definition) is 2. The van der Waals surface area contributed by atoms with E-state index in [1.54, 1.807) is 20.0 Å². The van der Waals surface area contributed by atoms with Crippen LogP contribution in [0.1, 0.15) is 29.8 Å². The highest BCUT2D eigenvalue weighted by atomic mass is 16.3. The summed E-state index contributed by atoms with van der Waals surface area (Å²) < 4.78 is 0. The summed E-state index contributed by atoms with van der Waals surface area (Å²) in [5, 5.41) is 9.20. The molecule has 66 valence electrons. The molecular weight excluding hydrogens is 154 g/mol. The van der Waals surface area contributed by atoms with Crippen molar-refractivity contribution in [3.63, 3.8) is 0 Å². The summed E-state index contributed by atoms with van der Waals surface area (Å²) in [7, 11) is 0. The molecule has 3 nitrogen and oxygen atoms in total. The zero-order valence-corrected chi connectivity index (χ0v) is 7.51. The molecule has 0 spiro atoms. The summed E-state index contributed by atoms with van der Waals surface area (Å²) in [6.07, 6.45) is 0.864. The van der Waals surface area contributed by atoms with Gasteiger partial charge >= 0.3 is 0 Å². The fraction of sp³-hybridized carbons (Fsp3) is 0.444. The third kappa shape index (κ3) is 1.41. The summed E-state index contributed by atoms with van der Waals surface area (Å²) in [5.74, 6) is 0. The van der Waals surface area contributed by atoms with Crippen molar-refractivity contribution in [2.24, 2.45) is 0 Å². The second-order valence-electron chi connectivity index (χ2n) is 3.00. The van der Waals surface area contributed by atoms with Crippen molar-refractivity contribution in [1.82, 2.24) is 4.98 Å². The predicted molar refractivity (Wildman–Crippen MR) is 47.2 cm³/mol. The highest BCUT2D eigenvalue weighted by molar-refractivity contribution is 5.24. The number of aromatic nitrogens is 1. The molecule has 0 amide bonds. The topological polar surface area (TPSA) is 53.1 Å². The van der Waals surface area contributed by atoms with Crippen LogP contribution in [0, 0.1) is 13.8 Å². The van der Waals surface area contributed by atoms with Crippen molar-refractivity contribution in [3.05, 3.63) is 33.2 Å². The van der Waals surface area contributed by atoms with Gasteiger partial charge in [-0.15, -0.1) is 0 Å². The Kier molecular flexibility index (Phi) is 2.33. The molecule has 1 unspecified atom stereocenters. The lowest BCUT2D eigenvalue weighted by molar-refractivity contribution is 0.197. The van der Waals surface area contributed by atoms with Gasteiger partial charge in [-0.25, -0.2) is 0 Å². The Labute approximate surface area is 71.1 Å². The van der Waals surface area contributed by atoms with Gasteiger partial charge in [-0.2, -0.15) is 0 Å². The van der Waals surface area contributed by atoms with Crippen LogP contribution < -0.4 is 5.43 Å². The second-order valence-corrected chi connectivity index (χ2v) is 3.00. The summed E-state index contributed by atoms with van der Waals surface area (Å²) >= 11 is 0. The molecule has 0 bridgehead atoms. The predicted octanol–water partition coefficient (Wildman–Crippen LogP) is 1.05. The maximum absolute atomic E-state index is 11.5. The van der Waals surface area contributed by atoms with Crippen molar-refractivity contribution >= 4 is 0 Å². The molecule has 1 heterocycles. The van der Waals surface area contributed by atoms with Gasteiger partial charge in [0, 0.05) is 23.0 Å². The van der Waals surface area contributed by atoms with Gasteiger partial charge in [0.05, 0.1) is 6.10 Å². The van der Waals surface area contributed by atoms with Crippen molar-refractivity contribution < 1.29 is 5.11 Å². The van der Waals surface area contributed by atoms with Gasteiger partial charge in [0.15, 0.2) is 5.43 Å². The van der Waals surface area contributed by atoms with E-state index in [-0.39, 0.29) is 5.43 Å². The van der Waals surface area contributed by atoms with Gasteiger partial charge in [0.25, 0.3) is 0 Å². The first-order valence-corrected chi connectivity index (χ1v) is 3.91. The van der Waals surface area contributed by atoms with Crippen molar-refractivity contribution in [1.29, 1.82) is 0 Å². The molecule has 2 N–H and O–H groups in total. The van der Waals surface area contributed by atoms with E-state index in [2.05, 4.69) is 4.98 Å². The molecule has 0 saturated heterocycles. The van der Waals surface area contributed by atoms with Gasteiger partial charge in [0.2, 0.25) is 0 Å². The highest BCUT2D eigenvalue weighted by Gasteiger charge is 2.08. The van der Waals surface area contributed by atoms with Crippen LogP contribution in [0.4, 0.5) is 0 Å². The number of aryl methyl sites for hydroxylation is 1. The van der Waals surface area contributed by atoms with E-state index in [4.69, 9.17) is 0 Å². The Balaban J connectivity index is 3.37. The van der Waals surface area contributed by atoms with Gasteiger partial charge in [-0.05, 0) is 20.8 Å². The quantitative estimate of drug-likeness (QED) is 0.656. The highest BCUT2D eigenvalue weighted by Crippen LogP contribution is 2.07. The molecule has 0 aromatic carbocycles. The fourth-order valence-electron chi connectivity index (χ4n) is 1.06. The minimum absolute atomic E-state index is 0.0683. The molecule has 1 aromatic rings. The zero-order chi connectivity index (χ0) is 9.30. The van der Waals surface area contributed by atoms with Gasteiger partial charge in [0.1, 0.15) is 0 Å². The SMILES string of the molecule is Cc1[nH]cc(C(C)O)c(=O)c1C. The summed E-state index contributed by atoms with van der Waals surface area (Å²) in [6.45, 7) is 5.17. The molecule has 0 aliphatic rings. The van der Waals surface area contributed by atoms with Crippen LogP contribution in [0.25, 0.3) is 0 Å². The first-order valence-electron chi connectivity index (χ1n) is 3.91. The standard InChI is InChI=1S/C9H13NO2/c1-5-6(2)10-4-8(7(3)11)9(5)12/h4,7,11H,1-3H3,(H,10,12). The number of nitrogens with one attached hydrogen (secondary N) is 1. The van der Waals surface area contributed by atoms with E-state index in [9.17, 15) is 9.90 Å². The molecular formula is C9H13NO2. The van der Waals surface area contributed by atoms with Crippen molar-refractivity contribution in [3.8, 4) is 0 Å². The van der Waals surface area contributed by atoms with E-state index in [0.717, 1.165) is 5.69 Å². The Bertz CT molecular complexity index is 339. The molecule has 1 atom stereocenters. The molecule has 0 radical (unpaired) electrons. The van der Waals surface area contributed by atoms with Crippen LogP contribution in [0.15, 0.2) is 11.0 Å². The first kappa shape index (κ1) is 9.00. The Morgan fingerprint density at radius 2 is 2.08 bits per heavy atom. The number of rotatable bonds is 1. The summed E-state index contributed by atoms with van der Waals surface area (Å²) in [6, 6.07) is 0. The molecule has 0 fully saturated rings. The van der Waals surface area contributed by atoms with Crippen LogP contribution in [-0.4, -0.2) is 10.1 Å². The second kappa shape index (κ2) is 3.11. The number of aliphatic hydroxyl groups is 1. The number of aromatic amines is 1. The van der Waals surface area contributed by atoms with Crippen LogP contribution in [0.5, 0.6) is 0 Å². The van der Waals surface area contributed by atoms with Crippen LogP contribution >= 0.6 is 0 Å².